The van der Waals surface area contributed by atoms with Crippen LogP contribution in [0.5, 0.6) is 0 Å². The van der Waals surface area contributed by atoms with Gasteiger partial charge in [-0.15, -0.1) is 0 Å². The lowest BCUT2D eigenvalue weighted by atomic mass is 9.99. The van der Waals surface area contributed by atoms with Crippen LogP contribution in [0.2, 0.25) is 0 Å². The molecule has 1 aliphatic heterocycles. The summed E-state index contributed by atoms with van der Waals surface area (Å²) in [7, 11) is 0. The number of nitrogens with two attached hydrogens (primary N) is 1. The molecule has 0 radical (unpaired) electrons. The van der Waals surface area contributed by atoms with E-state index in [4.69, 9.17) is 5.73 Å². The molecular formula is C11H13BrN4. The highest BCUT2D eigenvalue weighted by Gasteiger charge is 2.20. The van der Waals surface area contributed by atoms with Gasteiger partial charge >= 0.3 is 0 Å². The summed E-state index contributed by atoms with van der Waals surface area (Å²) in [4.78, 5) is 4.55. The van der Waals surface area contributed by atoms with E-state index in [1.165, 1.54) is 0 Å². The molecule has 1 saturated heterocycles. The maximum atomic E-state index is 5.77. The van der Waals surface area contributed by atoms with Crippen LogP contribution >= 0.6 is 15.9 Å². The molecule has 0 aromatic carbocycles. The molecule has 0 bridgehead atoms. The molecule has 4 nitrogen and oxygen atoms in total. The van der Waals surface area contributed by atoms with E-state index in [1.54, 1.807) is 0 Å². The van der Waals surface area contributed by atoms with Gasteiger partial charge in [0, 0.05) is 18.3 Å². The first-order chi connectivity index (χ1) is 7.74. The fourth-order valence-electron chi connectivity index (χ4n) is 2.02. The topological polar surface area (TPSA) is 55.4 Å². The number of imidazole rings is 1. The highest BCUT2D eigenvalue weighted by atomic mass is 79.9. The molecule has 0 amide bonds. The number of anilines is 1. The van der Waals surface area contributed by atoms with E-state index in [-0.39, 0.29) is 0 Å². The number of aromatic nitrogens is 2. The van der Waals surface area contributed by atoms with Crippen molar-refractivity contribution >= 4 is 27.1 Å². The minimum Gasteiger partial charge on any atom is -0.399 e. The molecule has 0 spiro atoms. The summed E-state index contributed by atoms with van der Waals surface area (Å²) in [5.41, 5.74) is 7.58. The maximum absolute atomic E-state index is 5.77. The van der Waals surface area contributed by atoms with Crippen LogP contribution in [0.3, 0.4) is 0 Å². The minimum atomic E-state index is 0.718. The minimum absolute atomic E-state index is 0.718. The Hall–Kier alpha value is -1.07. The van der Waals surface area contributed by atoms with Crippen LogP contribution in [-0.2, 0) is 6.42 Å². The molecule has 3 heterocycles. The molecule has 0 unspecified atom stereocenters. The zero-order valence-electron chi connectivity index (χ0n) is 8.78. The van der Waals surface area contributed by atoms with Crippen LogP contribution in [-0.4, -0.2) is 22.5 Å². The maximum Gasteiger partial charge on any atom is 0.132 e. The van der Waals surface area contributed by atoms with Crippen LogP contribution in [0, 0.1) is 5.92 Å². The Kier molecular flexibility index (Phi) is 2.37. The van der Waals surface area contributed by atoms with Gasteiger partial charge in [0.2, 0.25) is 0 Å². The molecule has 1 fully saturated rings. The monoisotopic (exact) mass is 280 g/mol. The fraction of sp³-hybridized carbons (Fsp3) is 0.364. The van der Waals surface area contributed by atoms with E-state index in [0.717, 1.165) is 47.1 Å². The second-order valence-electron chi connectivity index (χ2n) is 4.26. The standard InChI is InChI=1S/C11H13BrN4/c12-11-9-4-8(13)1-2-16(9)10(15-11)3-7-5-14-6-7/h1-2,4,7,14H,3,5-6,13H2. The van der Waals surface area contributed by atoms with Crippen molar-refractivity contribution in [1.82, 2.24) is 14.7 Å². The third-order valence-electron chi connectivity index (χ3n) is 3.03. The number of halogens is 1. The average Bonchev–Trinajstić information content (AvgIpc) is 2.50. The first-order valence-electron chi connectivity index (χ1n) is 5.37. The van der Waals surface area contributed by atoms with Crippen molar-refractivity contribution in [2.75, 3.05) is 18.8 Å². The van der Waals surface area contributed by atoms with E-state index < -0.39 is 0 Å². The summed E-state index contributed by atoms with van der Waals surface area (Å²) in [6, 6.07) is 3.85. The summed E-state index contributed by atoms with van der Waals surface area (Å²) in [5.74, 6) is 1.82. The van der Waals surface area contributed by atoms with Crippen molar-refractivity contribution in [2.45, 2.75) is 6.42 Å². The third kappa shape index (κ3) is 1.60. The second-order valence-corrected chi connectivity index (χ2v) is 5.01. The molecule has 16 heavy (non-hydrogen) atoms. The molecule has 3 N–H and O–H groups in total. The summed E-state index contributed by atoms with van der Waals surface area (Å²) < 4.78 is 2.99. The average molecular weight is 281 g/mol. The first kappa shape index (κ1) is 10.1. The van der Waals surface area contributed by atoms with Crippen LogP contribution in [0.15, 0.2) is 22.9 Å². The van der Waals surface area contributed by atoms with E-state index in [0.29, 0.717) is 0 Å². The number of fused-ring (bicyclic) bond motifs is 1. The van der Waals surface area contributed by atoms with E-state index in [9.17, 15) is 0 Å². The van der Waals surface area contributed by atoms with Gasteiger partial charge in [-0.2, -0.15) is 0 Å². The summed E-state index contributed by atoms with van der Waals surface area (Å²) in [6.45, 7) is 2.20. The van der Waals surface area contributed by atoms with E-state index in [1.807, 2.05) is 18.3 Å². The normalized spacial score (nSPS) is 16.6. The smallest absolute Gasteiger partial charge is 0.132 e. The Bertz CT molecular complexity index is 530. The molecule has 2 aromatic heterocycles. The molecule has 2 aromatic rings. The lowest BCUT2D eigenvalue weighted by molar-refractivity contribution is 0.340. The van der Waals surface area contributed by atoms with Gasteiger partial charge in [0.1, 0.15) is 10.4 Å². The molecule has 3 rings (SSSR count). The molecular weight excluding hydrogens is 268 g/mol. The number of rotatable bonds is 2. The van der Waals surface area contributed by atoms with Gasteiger partial charge in [0.05, 0.1) is 5.52 Å². The SMILES string of the molecule is Nc1ccn2c(CC3CNC3)nc(Br)c2c1. The zero-order chi connectivity index (χ0) is 11.1. The summed E-state index contributed by atoms with van der Waals surface area (Å²) >= 11 is 3.48. The number of pyridine rings is 1. The number of nitrogen functional groups attached to an aromatic ring is 1. The Balaban J connectivity index is 2.03. The van der Waals surface area contributed by atoms with Crippen LogP contribution in [0.4, 0.5) is 5.69 Å². The number of hydrogen-bond acceptors (Lipinski definition) is 3. The number of nitrogens with one attached hydrogen (secondary N) is 1. The van der Waals surface area contributed by atoms with Gasteiger partial charge < -0.3 is 15.5 Å². The van der Waals surface area contributed by atoms with Crippen molar-refractivity contribution in [3.63, 3.8) is 0 Å². The van der Waals surface area contributed by atoms with Gasteiger partial charge in [-0.05, 0) is 47.1 Å². The van der Waals surface area contributed by atoms with Crippen molar-refractivity contribution in [2.24, 2.45) is 5.92 Å². The Morgan fingerprint density at radius 1 is 1.56 bits per heavy atom. The van der Waals surface area contributed by atoms with Crippen LogP contribution < -0.4 is 11.1 Å². The molecule has 84 valence electrons. The predicted octanol–water partition coefficient (Wildman–Crippen LogP) is 1.44. The predicted molar refractivity (Wildman–Crippen MR) is 67.4 cm³/mol. The van der Waals surface area contributed by atoms with Gasteiger partial charge in [0.15, 0.2) is 0 Å². The highest BCUT2D eigenvalue weighted by Crippen LogP contribution is 2.23. The lowest BCUT2D eigenvalue weighted by Crippen LogP contribution is -2.43. The molecule has 0 atom stereocenters. The molecule has 5 heteroatoms. The highest BCUT2D eigenvalue weighted by molar-refractivity contribution is 9.10. The van der Waals surface area contributed by atoms with Crippen molar-refractivity contribution in [3.05, 3.63) is 28.8 Å². The quantitative estimate of drug-likeness (QED) is 0.875. The summed E-state index contributed by atoms with van der Waals surface area (Å²) in [6.07, 6.45) is 3.01. The second kappa shape index (κ2) is 3.75. The first-order valence-corrected chi connectivity index (χ1v) is 6.16. The van der Waals surface area contributed by atoms with Crippen LogP contribution in [0.1, 0.15) is 5.82 Å². The fourth-order valence-corrected chi connectivity index (χ4v) is 2.53. The molecule has 0 saturated carbocycles. The van der Waals surface area contributed by atoms with Gasteiger partial charge in [-0.25, -0.2) is 4.98 Å². The number of hydrogen-bond donors (Lipinski definition) is 2. The molecule has 1 aliphatic rings. The van der Waals surface area contributed by atoms with Crippen LogP contribution in [0.25, 0.3) is 5.52 Å². The Morgan fingerprint density at radius 2 is 2.38 bits per heavy atom. The number of nitrogens with zero attached hydrogens (tertiary/aromatic N) is 2. The largest absolute Gasteiger partial charge is 0.399 e. The van der Waals surface area contributed by atoms with E-state index >= 15 is 0 Å². The van der Waals surface area contributed by atoms with Crippen molar-refractivity contribution in [3.8, 4) is 0 Å². The molecule has 0 aliphatic carbocycles. The zero-order valence-corrected chi connectivity index (χ0v) is 10.4. The Labute approximate surface area is 102 Å². The van der Waals surface area contributed by atoms with E-state index in [2.05, 4.69) is 30.6 Å². The van der Waals surface area contributed by atoms with Gasteiger partial charge in [-0.1, -0.05) is 0 Å². The third-order valence-corrected chi connectivity index (χ3v) is 3.62. The van der Waals surface area contributed by atoms with Crippen molar-refractivity contribution in [1.29, 1.82) is 0 Å². The Morgan fingerprint density at radius 3 is 3.06 bits per heavy atom. The van der Waals surface area contributed by atoms with Gasteiger partial charge in [0.25, 0.3) is 0 Å². The van der Waals surface area contributed by atoms with Crippen molar-refractivity contribution < 1.29 is 0 Å². The van der Waals surface area contributed by atoms with Gasteiger partial charge in [-0.3, -0.25) is 0 Å². The lowest BCUT2D eigenvalue weighted by Gasteiger charge is -2.26. The summed E-state index contributed by atoms with van der Waals surface area (Å²) in [5, 5.41) is 3.28.